The molecule has 1 N–H and O–H groups in total. The number of carbonyl (C=O) groups excluding carboxylic acids is 2. The molecule has 74 valence electrons. The summed E-state index contributed by atoms with van der Waals surface area (Å²) in [5.74, 6) is 0.297. The summed E-state index contributed by atoms with van der Waals surface area (Å²) < 4.78 is 0. The maximum atomic E-state index is 11.4. The standard InChI is InChI=1S/C9H16N2O2/c1-6(2)5-10-7-4-8(12)11(3)9(7)13/h6-7,10H,4-5H2,1-3H3. The van der Waals surface area contributed by atoms with Crippen molar-refractivity contribution in [3.63, 3.8) is 0 Å². The van der Waals surface area contributed by atoms with Crippen LogP contribution in [0.3, 0.4) is 0 Å². The van der Waals surface area contributed by atoms with E-state index in [-0.39, 0.29) is 17.9 Å². The molecular formula is C9H16N2O2. The second kappa shape index (κ2) is 3.87. The van der Waals surface area contributed by atoms with Crippen molar-refractivity contribution in [2.75, 3.05) is 13.6 Å². The topological polar surface area (TPSA) is 49.4 Å². The van der Waals surface area contributed by atoms with Crippen LogP contribution in [-0.2, 0) is 9.59 Å². The zero-order valence-corrected chi connectivity index (χ0v) is 8.33. The second-order valence-electron chi connectivity index (χ2n) is 3.85. The Hall–Kier alpha value is -0.900. The van der Waals surface area contributed by atoms with Crippen molar-refractivity contribution in [1.82, 2.24) is 10.2 Å². The van der Waals surface area contributed by atoms with Crippen molar-refractivity contribution in [3.05, 3.63) is 0 Å². The Labute approximate surface area is 78.3 Å². The first-order valence-corrected chi connectivity index (χ1v) is 4.56. The molecule has 0 spiro atoms. The number of hydrogen-bond acceptors (Lipinski definition) is 3. The number of likely N-dealkylation sites (tertiary alicyclic amines) is 1. The molecule has 0 aromatic heterocycles. The van der Waals surface area contributed by atoms with Crippen LogP contribution in [0.1, 0.15) is 20.3 Å². The Morgan fingerprint density at radius 3 is 2.54 bits per heavy atom. The minimum absolute atomic E-state index is 0.0914. The van der Waals surface area contributed by atoms with Gasteiger partial charge >= 0.3 is 0 Å². The molecule has 4 nitrogen and oxygen atoms in total. The number of hydrogen-bond donors (Lipinski definition) is 1. The molecule has 1 fully saturated rings. The fraction of sp³-hybridized carbons (Fsp3) is 0.778. The van der Waals surface area contributed by atoms with Crippen molar-refractivity contribution in [3.8, 4) is 0 Å². The van der Waals surface area contributed by atoms with Gasteiger partial charge in [-0.3, -0.25) is 14.5 Å². The van der Waals surface area contributed by atoms with Gasteiger partial charge in [-0.05, 0) is 12.5 Å². The number of nitrogens with zero attached hydrogens (tertiary/aromatic N) is 1. The van der Waals surface area contributed by atoms with Gasteiger partial charge in [-0.25, -0.2) is 0 Å². The van der Waals surface area contributed by atoms with Gasteiger partial charge in [-0.2, -0.15) is 0 Å². The molecule has 2 amide bonds. The van der Waals surface area contributed by atoms with Gasteiger partial charge in [0.25, 0.3) is 0 Å². The van der Waals surface area contributed by atoms with E-state index in [9.17, 15) is 9.59 Å². The molecule has 1 saturated heterocycles. The van der Waals surface area contributed by atoms with E-state index in [0.29, 0.717) is 12.3 Å². The van der Waals surface area contributed by atoms with Gasteiger partial charge in [0.1, 0.15) is 0 Å². The molecule has 0 saturated carbocycles. The molecule has 13 heavy (non-hydrogen) atoms. The number of carbonyl (C=O) groups is 2. The smallest absolute Gasteiger partial charge is 0.246 e. The average Bonchev–Trinajstić information content (AvgIpc) is 2.29. The van der Waals surface area contributed by atoms with Crippen molar-refractivity contribution in [2.24, 2.45) is 5.92 Å². The highest BCUT2D eigenvalue weighted by Crippen LogP contribution is 2.10. The minimum Gasteiger partial charge on any atom is -0.305 e. The normalized spacial score (nSPS) is 23.4. The van der Waals surface area contributed by atoms with Crippen LogP contribution in [0.25, 0.3) is 0 Å². The minimum atomic E-state index is -0.292. The first-order chi connectivity index (χ1) is 6.02. The monoisotopic (exact) mass is 184 g/mol. The van der Waals surface area contributed by atoms with E-state index in [1.54, 1.807) is 0 Å². The van der Waals surface area contributed by atoms with Crippen LogP contribution in [0.5, 0.6) is 0 Å². The van der Waals surface area contributed by atoms with E-state index in [1.807, 2.05) is 0 Å². The summed E-state index contributed by atoms with van der Waals surface area (Å²) in [7, 11) is 1.53. The molecule has 0 aromatic carbocycles. The van der Waals surface area contributed by atoms with Crippen LogP contribution in [0, 0.1) is 5.92 Å². The highest BCUT2D eigenvalue weighted by molar-refractivity contribution is 6.05. The van der Waals surface area contributed by atoms with Gasteiger partial charge < -0.3 is 5.32 Å². The lowest BCUT2D eigenvalue weighted by molar-refractivity contribution is -0.137. The lowest BCUT2D eigenvalue weighted by atomic mass is 10.2. The van der Waals surface area contributed by atoms with Gasteiger partial charge in [-0.15, -0.1) is 0 Å². The largest absolute Gasteiger partial charge is 0.305 e. The van der Waals surface area contributed by atoms with Gasteiger partial charge in [0.2, 0.25) is 11.8 Å². The number of nitrogens with one attached hydrogen (secondary N) is 1. The van der Waals surface area contributed by atoms with E-state index in [4.69, 9.17) is 0 Å². The third kappa shape index (κ3) is 2.28. The summed E-state index contributed by atoms with van der Waals surface area (Å²) in [5, 5.41) is 3.08. The third-order valence-corrected chi connectivity index (χ3v) is 2.15. The molecule has 1 atom stereocenters. The molecule has 1 heterocycles. The molecule has 0 aliphatic carbocycles. The van der Waals surface area contributed by atoms with Crippen LogP contribution in [0.4, 0.5) is 0 Å². The lowest BCUT2D eigenvalue weighted by Crippen LogP contribution is -2.38. The van der Waals surface area contributed by atoms with Crippen LogP contribution < -0.4 is 5.32 Å². The van der Waals surface area contributed by atoms with Gasteiger partial charge in [0, 0.05) is 7.05 Å². The predicted molar refractivity (Wildman–Crippen MR) is 49.0 cm³/mol. The van der Waals surface area contributed by atoms with Crippen molar-refractivity contribution >= 4 is 11.8 Å². The molecule has 1 unspecified atom stereocenters. The molecular weight excluding hydrogens is 168 g/mol. The molecule has 0 bridgehead atoms. The Kier molecular flexibility index (Phi) is 3.03. The van der Waals surface area contributed by atoms with Crippen LogP contribution in [0.2, 0.25) is 0 Å². The number of likely N-dealkylation sites (N-methyl/N-ethyl adjacent to an activating group) is 1. The first-order valence-electron chi connectivity index (χ1n) is 4.56. The first kappa shape index (κ1) is 10.2. The number of imide groups is 1. The lowest BCUT2D eigenvalue weighted by Gasteiger charge is -2.12. The third-order valence-electron chi connectivity index (χ3n) is 2.15. The van der Waals surface area contributed by atoms with E-state index in [0.717, 1.165) is 6.54 Å². The molecule has 1 aliphatic heterocycles. The molecule has 0 radical (unpaired) electrons. The Morgan fingerprint density at radius 1 is 1.54 bits per heavy atom. The highest BCUT2D eigenvalue weighted by Gasteiger charge is 2.35. The number of amides is 2. The van der Waals surface area contributed by atoms with Gasteiger partial charge in [0.05, 0.1) is 12.5 Å². The average molecular weight is 184 g/mol. The summed E-state index contributed by atoms with van der Waals surface area (Å²) in [5.41, 5.74) is 0. The Morgan fingerprint density at radius 2 is 2.15 bits per heavy atom. The van der Waals surface area contributed by atoms with Crippen LogP contribution in [-0.4, -0.2) is 36.3 Å². The molecule has 1 rings (SSSR count). The van der Waals surface area contributed by atoms with Crippen LogP contribution >= 0.6 is 0 Å². The van der Waals surface area contributed by atoms with E-state index < -0.39 is 0 Å². The van der Waals surface area contributed by atoms with Crippen LogP contribution in [0.15, 0.2) is 0 Å². The van der Waals surface area contributed by atoms with E-state index in [2.05, 4.69) is 19.2 Å². The maximum absolute atomic E-state index is 11.4. The van der Waals surface area contributed by atoms with Crippen molar-refractivity contribution < 1.29 is 9.59 Å². The summed E-state index contributed by atoms with van der Waals surface area (Å²) in [6.07, 6.45) is 0.308. The van der Waals surface area contributed by atoms with Gasteiger partial charge in [-0.1, -0.05) is 13.8 Å². The zero-order chi connectivity index (χ0) is 10.0. The maximum Gasteiger partial charge on any atom is 0.246 e. The predicted octanol–water partition coefficient (Wildman–Crippen LogP) is -0.0107. The van der Waals surface area contributed by atoms with Gasteiger partial charge in [0.15, 0.2) is 0 Å². The zero-order valence-electron chi connectivity index (χ0n) is 8.33. The van der Waals surface area contributed by atoms with E-state index in [1.165, 1.54) is 11.9 Å². The fourth-order valence-corrected chi connectivity index (χ4v) is 1.29. The quantitative estimate of drug-likeness (QED) is 0.628. The highest BCUT2D eigenvalue weighted by atomic mass is 16.2. The van der Waals surface area contributed by atoms with E-state index >= 15 is 0 Å². The second-order valence-corrected chi connectivity index (χ2v) is 3.85. The molecule has 1 aliphatic rings. The molecule has 0 aromatic rings. The Bertz CT molecular complexity index is 226. The number of rotatable bonds is 3. The SMILES string of the molecule is CC(C)CNC1CC(=O)N(C)C1=O. The van der Waals surface area contributed by atoms with Crippen molar-refractivity contribution in [2.45, 2.75) is 26.3 Å². The summed E-state index contributed by atoms with van der Waals surface area (Å²) >= 11 is 0. The summed E-state index contributed by atoms with van der Waals surface area (Å²) in [6.45, 7) is 4.91. The van der Waals surface area contributed by atoms with Crippen molar-refractivity contribution in [1.29, 1.82) is 0 Å². The summed E-state index contributed by atoms with van der Waals surface area (Å²) in [6, 6.07) is -0.292. The fourth-order valence-electron chi connectivity index (χ4n) is 1.29. The Balaban J connectivity index is 2.45. The summed E-state index contributed by atoms with van der Waals surface area (Å²) in [4.78, 5) is 23.7. The molecule has 4 heteroatoms.